The van der Waals surface area contributed by atoms with Crippen molar-refractivity contribution in [1.29, 1.82) is 0 Å². The molecule has 1 unspecified atom stereocenters. The number of amides is 2. The summed E-state index contributed by atoms with van der Waals surface area (Å²) < 4.78 is 13.1. The highest BCUT2D eigenvalue weighted by molar-refractivity contribution is 5.88. The minimum atomic E-state index is -0.511. The average molecular weight is 384 g/mol. The molecule has 0 aromatic heterocycles. The number of carbonyl (C=O) groups excluding carboxylic acids is 2. The number of benzene rings is 2. The van der Waals surface area contributed by atoms with Crippen molar-refractivity contribution in [2.45, 2.75) is 45.6 Å². The van der Waals surface area contributed by atoms with Crippen molar-refractivity contribution in [3.8, 4) is 0 Å². The van der Waals surface area contributed by atoms with Gasteiger partial charge in [-0.1, -0.05) is 56.3 Å². The monoisotopic (exact) mass is 384 g/mol. The Bertz CT molecular complexity index is 747. The van der Waals surface area contributed by atoms with Crippen LogP contribution in [0, 0.1) is 5.82 Å². The Kier molecular flexibility index (Phi) is 8.66. The van der Waals surface area contributed by atoms with Gasteiger partial charge in [-0.05, 0) is 42.5 Å². The zero-order valence-electron chi connectivity index (χ0n) is 16.7. The van der Waals surface area contributed by atoms with Gasteiger partial charge in [0.05, 0.1) is 6.42 Å². The number of nitrogens with one attached hydrogen (secondary N) is 1. The first-order valence-electron chi connectivity index (χ1n) is 9.90. The molecule has 4 nitrogen and oxygen atoms in total. The van der Waals surface area contributed by atoms with Crippen LogP contribution in [-0.4, -0.2) is 35.8 Å². The molecule has 0 radical (unpaired) electrons. The van der Waals surface area contributed by atoms with Crippen LogP contribution in [0.3, 0.4) is 0 Å². The predicted octanol–water partition coefficient (Wildman–Crippen LogP) is 3.74. The van der Waals surface area contributed by atoms with Crippen molar-refractivity contribution in [2.75, 3.05) is 13.1 Å². The number of nitrogens with zero attached hydrogens (tertiary/aromatic N) is 1. The normalized spacial score (nSPS) is 11.7. The van der Waals surface area contributed by atoms with Crippen LogP contribution >= 0.6 is 0 Å². The van der Waals surface area contributed by atoms with Crippen LogP contribution in [0.2, 0.25) is 0 Å². The fraction of sp³-hybridized carbons (Fsp3) is 0.391. The van der Waals surface area contributed by atoms with Crippen LogP contribution in [-0.2, 0) is 22.4 Å². The fourth-order valence-electron chi connectivity index (χ4n) is 3.14. The van der Waals surface area contributed by atoms with Crippen molar-refractivity contribution in [1.82, 2.24) is 10.2 Å². The number of hydrogen-bond acceptors (Lipinski definition) is 2. The van der Waals surface area contributed by atoms with Gasteiger partial charge in [0.15, 0.2) is 0 Å². The highest BCUT2D eigenvalue weighted by Gasteiger charge is 2.28. The van der Waals surface area contributed by atoms with E-state index in [2.05, 4.69) is 5.32 Å². The van der Waals surface area contributed by atoms with Crippen molar-refractivity contribution < 1.29 is 14.0 Å². The molecular weight excluding hydrogens is 355 g/mol. The van der Waals surface area contributed by atoms with Crippen LogP contribution in [0.1, 0.15) is 37.8 Å². The Morgan fingerprint density at radius 2 is 1.68 bits per heavy atom. The van der Waals surface area contributed by atoms with Gasteiger partial charge in [-0.15, -0.1) is 0 Å². The number of hydrogen-bond donors (Lipinski definition) is 1. The van der Waals surface area contributed by atoms with E-state index in [0.717, 1.165) is 17.5 Å². The van der Waals surface area contributed by atoms with Gasteiger partial charge in [-0.25, -0.2) is 4.39 Å². The lowest BCUT2D eigenvalue weighted by molar-refractivity contribution is -0.140. The van der Waals surface area contributed by atoms with Crippen LogP contribution < -0.4 is 5.32 Å². The molecule has 0 spiro atoms. The average Bonchev–Trinajstić information content (AvgIpc) is 2.71. The van der Waals surface area contributed by atoms with E-state index < -0.39 is 6.04 Å². The Labute approximate surface area is 166 Å². The molecule has 1 atom stereocenters. The number of carbonyl (C=O) groups is 2. The second-order valence-electron chi connectivity index (χ2n) is 6.84. The molecular formula is C23H29FN2O2. The first-order valence-corrected chi connectivity index (χ1v) is 9.90. The van der Waals surface area contributed by atoms with Gasteiger partial charge in [0.1, 0.15) is 11.9 Å². The van der Waals surface area contributed by atoms with E-state index in [0.29, 0.717) is 25.9 Å². The molecule has 150 valence electrons. The SMILES string of the molecule is CCCNC(=O)C(CC)N(CCc1ccccc1)C(=O)Cc1ccc(F)cc1. The Morgan fingerprint density at radius 3 is 2.29 bits per heavy atom. The van der Waals surface area contributed by atoms with Crippen LogP contribution in [0.15, 0.2) is 54.6 Å². The smallest absolute Gasteiger partial charge is 0.242 e. The van der Waals surface area contributed by atoms with Gasteiger partial charge in [0.25, 0.3) is 0 Å². The molecule has 0 fully saturated rings. The lowest BCUT2D eigenvalue weighted by Gasteiger charge is -2.30. The molecule has 0 bridgehead atoms. The summed E-state index contributed by atoms with van der Waals surface area (Å²) in [5.41, 5.74) is 1.85. The minimum Gasteiger partial charge on any atom is -0.354 e. The summed E-state index contributed by atoms with van der Waals surface area (Å²) in [4.78, 5) is 27.4. The van der Waals surface area contributed by atoms with Crippen molar-refractivity contribution in [3.05, 3.63) is 71.5 Å². The highest BCUT2D eigenvalue weighted by Crippen LogP contribution is 2.13. The van der Waals surface area contributed by atoms with Gasteiger partial charge >= 0.3 is 0 Å². The Morgan fingerprint density at radius 1 is 1.00 bits per heavy atom. The molecule has 28 heavy (non-hydrogen) atoms. The summed E-state index contributed by atoms with van der Waals surface area (Å²) in [5.74, 6) is -0.576. The van der Waals surface area contributed by atoms with Crippen molar-refractivity contribution in [2.24, 2.45) is 0 Å². The van der Waals surface area contributed by atoms with Gasteiger partial charge in [-0.3, -0.25) is 9.59 Å². The van der Waals surface area contributed by atoms with E-state index in [1.54, 1.807) is 17.0 Å². The molecule has 0 saturated carbocycles. The predicted molar refractivity (Wildman–Crippen MR) is 109 cm³/mol. The molecule has 0 aliphatic carbocycles. The maximum Gasteiger partial charge on any atom is 0.242 e. The summed E-state index contributed by atoms with van der Waals surface area (Å²) in [5, 5.41) is 2.91. The zero-order valence-corrected chi connectivity index (χ0v) is 16.7. The van der Waals surface area contributed by atoms with E-state index in [1.807, 2.05) is 44.2 Å². The van der Waals surface area contributed by atoms with E-state index >= 15 is 0 Å². The van der Waals surface area contributed by atoms with E-state index in [-0.39, 0.29) is 24.1 Å². The lowest BCUT2D eigenvalue weighted by Crippen LogP contribution is -2.50. The fourth-order valence-corrected chi connectivity index (χ4v) is 3.14. The van der Waals surface area contributed by atoms with E-state index in [9.17, 15) is 14.0 Å². The topological polar surface area (TPSA) is 49.4 Å². The van der Waals surface area contributed by atoms with Gasteiger partial charge in [0, 0.05) is 13.1 Å². The molecule has 0 aliphatic rings. The molecule has 2 amide bonds. The molecule has 2 rings (SSSR count). The Hall–Kier alpha value is -2.69. The maximum absolute atomic E-state index is 13.1. The summed E-state index contributed by atoms with van der Waals surface area (Å²) in [6.07, 6.45) is 2.20. The van der Waals surface area contributed by atoms with Crippen molar-refractivity contribution in [3.63, 3.8) is 0 Å². The molecule has 5 heteroatoms. The van der Waals surface area contributed by atoms with Gasteiger partial charge in [0.2, 0.25) is 11.8 Å². The largest absolute Gasteiger partial charge is 0.354 e. The standard InChI is InChI=1S/C23H29FN2O2/c1-3-15-25-23(28)21(4-2)26(16-14-18-8-6-5-7-9-18)22(27)17-19-10-12-20(24)13-11-19/h5-13,21H,3-4,14-17H2,1-2H3,(H,25,28). The highest BCUT2D eigenvalue weighted by atomic mass is 19.1. The van der Waals surface area contributed by atoms with Crippen LogP contribution in [0.25, 0.3) is 0 Å². The van der Waals surface area contributed by atoms with E-state index in [4.69, 9.17) is 0 Å². The first kappa shape index (κ1) is 21.6. The second-order valence-corrected chi connectivity index (χ2v) is 6.84. The second kappa shape index (κ2) is 11.2. The number of halogens is 1. The molecule has 0 heterocycles. The summed E-state index contributed by atoms with van der Waals surface area (Å²) in [6, 6.07) is 15.3. The zero-order chi connectivity index (χ0) is 20.4. The summed E-state index contributed by atoms with van der Waals surface area (Å²) in [7, 11) is 0. The quantitative estimate of drug-likeness (QED) is 0.678. The molecule has 0 aliphatic heterocycles. The first-order chi connectivity index (χ1) is 13.5. The third-order valence-corrected chi connectivity index (χ3v) is 4.69. The lowest BCUT2D eigenvalue weighted by atomic mass is 10.1. The molecule has 2 aromatic carbocycles. The van der Waals surface area contributed by atoms with Gasteiger partial charge in [-0.2, -0.15) is 0 Å². The van der Waals surface area contributed by atoms with Crippen LogP contribution in [0.5, 0.6) is 0 Å². The third kappa shape index (κ3) is 6.48. The molecule has 2 aromatic rings. The van der Waals surface area contributed by atoms with Crippen LogP contribution in [0.4, 0.5) is 4.39 Å². The summed E-state index contributed by atoms with van der Waals surface area (Å²) in [6.45, 7) is 4.96. The molecule has 1 N–H and O–H groups in total. The summed E-state index contributed by atoms with van der Waals surface area (Å²) >= 11 is 0. The maximum atomic E-state index is 13.1. The Balaban J connectivity index is 2.16. The number of rotatable bonds is 10. The van der Waals surface area contributed by atoms with Gasteiger partial charge < -0.3 is 10.2 Å². The van der Waals surface area contributed by atoms with E-state index in [1.165, 1.54) is 12.1 Å². The molecule has 0 saturated heterocycles. The minimum absolute atomic E-state index is 0.120. The third-order valence-electron chi connectivity index (χ3n) is 4.69. The van der Waals surface area contributed by atoms with Crippen molar-refractivity contribution >= 4 is 11.8 Å².